The highest BCUT2D eigenvalue weighted by Gasteiger charge is 2.30. The fraction of sp³-hybridized carbons (Fsp3) is 0.304. The molecule has 3 aromatic rings. The average molecular weight is 608 g/mol. The largest absolute Gasteiger partial charge is 0.375 e. The lowest BCUT2D eigenvalue weighted by Crippen LogP contribution is -2.36. The number of hydrogen-bond donors (Lipinski definition) is 9. The van der Waals surface area contributed by atoms with Crippen LogP contribution >= 0.6 is 11.3 Å². The maximum atomic E-state index is 13.4. The van der Waals surface area contributed by atoms with Gasteiger partial charge in [-0.15, -0.1) is 11.3 Å². The Morgan fingerprint density at radius 3 is 2.67 bits per heavy atom. The zero-order valence-electron chi connectivity index (χ0n) is 21.5. The van der Waals surface area contributed by atoms with Gasteiger partial charge in [-0.2, -0.15) is 5.10 Å². The summed E-state index contributed by atoms with van der Waals surface area (Å²) in [6, 6.07) is 10.3. The summed E-state index contributed by atoms with van der Waals surface area (Å²) in [5, 5.41) is 16.2. The summed E-state index contributed by atoms with van der Waals surface area (Å²) >= 11 is 1.36. The first-order valence-corrected chi connectivity index (χ1v) is 15.8. The van der Waals surface area contributed by atoms with Crippen molar-refractivity contribution in [2.24, 2.45) is 27.7 Å². The Kier molecular flexibility index (Phi) is 9.82. The van der Waals surface area contributed by atoms with Crippen molar-refractivity contribution in [1.82, 2.24) is 25.8 Å². The Balaban J connectivity index is 1.87. The molecule has 2 aromatic carbocycles. The number of nitrogens with zero attached hydrogens (tertiary/aromatic N) is 2. The smallest absolute Gasteiger partial charge is 0.240 e. The lowest BCUT2D eigenvalue weighted by atomic mass is 9.96. The summed E-state index contributed by atoms with van der Waals surface area (Å²) in [5.41, 5.74) is 16.4. The van der Waals surface area contributed by atoms with E-state index in [1.165, 1.54) is 17.4 Å². The van der Waals surface area contributed by atoms with Crippen molar-refractivity contribution in [3.8, 4) is 22.4 Å². The van der Waals surface area contributed by atoms with Crippen LogP contribution < -0.4 is 49.1 Å². The van der Waals surface area contributed by atoms with Gasteiger partial charge in [-0.05, 0) is 36.2 Å². The molecule has 4 rings (SSSR count). The van der Waals surface area contributed by atoms with Crippen LogP contribution in [0.3, 0.4) is 0 Å². The van der Waals surface area contributed by atoms with Crippen molar-refractivity contribution in [1.29, 1.82) is 0 Å². The highest BCUT2D eigenvalue weighted by atomic mass is 32.2. The van der Waals surface area contributed by atoms with Gasteiger partial charge >= 0.3 is 0 Å². The topological polar surface area (TPSA) is 255 Å². The number of rotatable bonds is 11. The molecule has 0 amide bonds. The van der Waals surface area contributed by atoms with Gasteiger partial charge in [-0.25, -0.2) is 33.3 Å². The molecule has 2 unspecified atom stereocenters. The molecule has 40 heavy (non-hydrogen) atoms. The third-order valence-corrected chi connectivity index (χ3v) is 9.50. The Morgan fingerprint density at radius 2 is 2.02 bits per heavy atom. The monoisotopic (exact) mass is 607 g/mol. The molecular formula is C23H33N11O3S3. The molecule has 1 aromatic heterocycles. The van der Waals surface area contributed by atoms with Crippen molar-refractivity contribution in [3.05, 3.63) is 46.8 Å². The van der Waals surface area contributed by atoms with Crippen LogP contribution in [0.1, 0.15) is 16.9 Å². The van der Waals surface area contributed by atoms with Crippen molar-refractivity contribution in [3.63, 3.8) is 0 Å². The molecule has 2 atom stereocenters. The van der Waals surface area contributed by atoms with E-state index in [1.54, 1.807) is 18.2 Å². The van der Waals surface area contributed by atoms with Gasteiger partial charge in [0, 0.05) is 48.2 Å². The highest BCUT2D eigenvalue weighted by molar-refractivity contribution is 7.90. The number of anilines is 1. The summed E-state index contributed by atoms with van der Waals surface area (Å²) in [4.78, 5) is 4.98. The predicted octanol–water partition coefficient (Wildman–Crippen LogP) is -1.19. The van der Waals surface area contributed by atoms with Crippen LogP contribution in [0.25, 0.3) is 22.4 Å². The molecule has 1 aliphatic heterocycles. The minimum atomic E-state index is -4.44. The minimum absolute atomic E-state index is 0.00975. The van der Waals surface area contributed by atoms with E-state index >= 15 is 0 Å². The summed E-state index contributed by atoms with van der Waals surface area (Å²) in [7, 11) is -6.36. The number of sulfonamides is 1. The standard InChI is InChI=1S/C23H33N11O3S3/c24-7-9-30-12-17-20(31-23(25)38-17)14-3-1-2-13(10-14)16-4-5-18(39(35)34-15-6-8-29-11-15)21(40(28,36)37)19(16)22(32-26)33-27/h1-5,10,15,29-30,34H,6-9,11-12,24,26-27H2,(H2,25,31)(H,32,33)(H2,28,36,37). The molecule has 1 saturated heterocycles. The first-order valence-electron chi connectivity index (χ1n) is 12.3. The van der Waals surface area contributed by atoms with Crippen molar-refractivity contribution in [2.75, 3.05) is 31.9 Å². The van der Waals surface area contributed by atoms with Gasteiger partial charge < -0.3 is 33.4 Å². The molecule has 1 fully saturated rings. The molecule has 2 heterocycles. The molecule has 17 heteroatoms. The van der Waals surface area contributed by atoms with E-state index in [1.807, 2.05) is 12.1 Å². The number of primary sulfonamides is 1. The molecule has 0 spiro atoms. The maximum absolute atomic E-state index is 13.4. The number of thiazole rings is 1. The number of aromatic nitrogens is 1. The van der Waals surface area contributed by atoms with Crippen LogP contribution in [-0.4, -0.2) is 55.7 Å². The molecule has 216 valence electrons. The van der Waals surface area contributed by atoms with E-state index < -0.39 is 25.9 Å². The number of hydrogen-bond acceptors (Lipinski definition) is 12. The van der Waals surface area contributed by atoms with Crippen LogP contribution in [0.4, 0.5) is 5.13 Å². The summed E-state index contributed by atoms with van der Waals surface area (Å²) in [6.45, 7) is 3.00. The molecule has 0 bridgehead atoms. The van der Waals surface area contributed by atoms with E-state index in [4.69, 9.17) is 28.3 Å². The Bertz CT molecular complexity index is 1520. The zero-order valence-corrected chi connectivity index (χ0v) is 24.0. The lowest BCUT2D eigenvalue weighted by Gasteiger charge is -2.20. The average Bonchev–Trinajstić information content (AvgIpc) is 3.58. The van der Waals surface area contributed by atoms with Crippen molar-refractivity contribution >= 4 is 43.3 Å². The Labute approximate surface area is 238 Å². The maximum Gasteiger partial charge on any atom is 0.240 e. The number of hydrazone groups is 1. The van der Waals surface area contributed by atoms with Gasteiger partial charge in [-0.1, -0.05) is 24.3 Å². The van der Waals surface area contributed by atoms with Crippen LogP contribution in [0.5, 0.6) is 0 Å². The SMILES string of the molecule is NCCNCc1sc(N)nc1-c1cccc(-c2ccc(S(=O)NC3CCNC3)c(S(N)(=O)=O)c2/C(=N/N)NN)c1. The van der Waals surface area contributed by atoms with Gasteiger partial charge in [0.1, 0.15) is 15.9 Å². The molecular weight excluding hydrogens is 575 g/mol. The molecule has 0 saturated carbocycles. The third kappa shape index (κ3) is 6.65. The predicted molar refractivity (Wildman–Crippen MR) is 158 cm³/mol. The van der Waals surface area contributed by atoms with Crippen LogP contribution in [0.15, 0.2) is 51.3 Å². The van der Waals surface area contributed by atoms with Crippen LogP contribution in [0.2, 0.25) is 0 Å². The molecule has 14 N–H and O–H groups in total. The van der Waals surface area contributed by atoms with E-state index in [0.717, 1.165) is 23.4 Å². The first kappa shape index (κ1) is 30.0. The molecule has 14 nitrogen and oxygen atoms in total. The fourth-order valence-electron chi connectivity index (χ4n) is 4.47. The normalized spacial score (nSPS) is 16.8. The number of amidine groups is 1. The van der Waals surface area contributed by atoms with Gasteiger partial charge in [0.15, 0.2) is 11.0 Å². The van der Waals surface area contributed by atoms with E-state index in [9.17, 15) is 12.6 Å². The quantitative estimate of drug-likeness (QED) is 0.0412. The van der Waals surface area contributed by atoms with Gasteiger partial charge in [-0.3, -0.25) is 0 Å². The Morgan fingerprint density at radius 1 is 1.25 bits per heavy atom. The second-order valence-corrected chi connectivity index (χ2v) is 12.8. The van der Waals surface area contributed by atoms with Crippen LogP contribution in [0, 0.1) is 0 Å². The fourth-order valence-corrected chi connectivity index (χ4v) is 7.80. The van der Waals surface area contributed by atoms with Crippen molar-refractivity contribution < 1.29 is 12.6 Å². The summed E-state index contributed by atoms with van der Waals surface area (Å²) in [6.07, 6.45) is 0.735. The number of nitrogens with one attached hydrogen (secondary N) is 4. The van der Waals surface area contributed by atoms with Crippen molar-refractivity contribution in [2.45, 2.75) is 28.8 Å². The molecule has 1 aliphatic rings. The van der Waals surface area contributed by atoms with E-state index in [2.05, 4.69) is 30.9 Å². The zero-order chi connectivity index (χ0) is 28.9. The van der Waals surface area contributed by atoms with Gasteiger partial charge in [0.25, 0.3) is 0 Å². The summed E-state index contributed by atoms with van der Waals surface area (Å²) < 4.78 is 42.3. The molecule has 0 radical (unpaired) electrons. The second-order valence-electron chi connectivity index (χ2n) is 8.93. The number of benzene rings is 2. The van der Waals surface area contributed by atoms with Crippen LogP contribution in [-0.2, 0) is 27.6 Å². The van der Waals surface area contributed by atoms with E-state index in [0.29, 0.717) is 48.1 Å². The first-order chi connectivity index (χ1) is 19.2. The number of nitrogens with two attached hydrogens (primary N) is 5. The summed E-state index contributed by atoms with van der Waals surface area (Å²) in [5.74, 6) is 11.1. The van der Waals surface area contributed by atoms with Gasteiger partial charge in [0.2, 0.25) is 10.0 Å². The van der Waals surface area contributed by atoms with E-state index in [-0.39, 0.29) is 22.3 Å². The minimum Gasteiger partial charge on any atom is -0.375 e. The Hall–Kier alpha value is -3.00. The second kappa shape index (κ2) is 13.1. The third-order valence-electron chi connectivity index (χ3n) is 6.21. The number of nitrogen functional groups attached to an aromatic ring is 1. The number of hydrazine groups is 1. The van der Waals surface area contributed by atoms with Gasteiger partial charge in [0.05, 0.1) is 10.6 Å². The molecule has 0 aliphatic carbocycles. The lowest BCUT2D eigenvalue weighted by molar-refractivity contribution is 0.593. The highest BCUT2D eigenvalue weighted by Crippen LogP contribution is 2.36.